The molecule has 3 N–H and O–H groups in total. The molecule has 0 radical (unpaired) electrons. The van der Waals surface area contributed by atoms with Crippen LogP contribution in [0.25, 0.3) is 0 Å². The van der Waals surface area contributed by atoms with Gasteiger partial charge in [-0.2, -0.15) is 0 Å². The molecule has 0 aliphatic carbocycles. The molecule has 2 fully saturated rings. The van der Waals surface area contributed by atoms with E-state index in [2.05, 4.69) is 28.1 Å². The highest BCUT2D eigenvalue weighted by molar-refractivity contribution is 6.01. The Hall–Kier alpha value is -1.75. The number of hydrogen-bond donors (Lipinski definition) is 2. The molecule has 5 heteroatoms. The Morgan fingerprint density at radius 3 is 3.05 bits per heavy atom. The van der Waals surface area contributed by atoms with E-state index in [0.29, 0.717) is 18.5 Å². The van der Waals surface area contributed by atoms with Crippen LogP contribution in [0.15, 0.2) is 12.1 Å². The maximum atomic E-state index is 11.5. The van der Waals surface area contributed by atoms with Crippen LogP contribution in [0.3, 0.4) is 0 Å². The van der Waals surface area contributed by atoms with Crippen LogP contribution in [0.2, 0.25) is 0 Å². The van der Waals surface area contributed by atoms with Crippen molar-refractivity contribution >= 4 is 23.0 Å². The molecule has 0 saturated carbocycles. The Kier molecular flexibility index (Phi) is 2.85. The molecule has 112 valence electrons. The molecule has 3 aliphatic rings. The highest BCUT2D eigenvalue weighted by Gasteiger charge is 2.35. The number of carbonyl (C=O) groups excluding carboxylic acids is 1. The quantitative estimate of drug-likeness (QED) is 0.767. The second-order valence-corrected chi connectivity index (χ2v) is 6.59. The fraction of sp³-hybridized carbons (Fsp3) is 0.562. The predicted molar refractivity (Wildman–Crippen MR) is 84.6 cm³/mol. The van der Waals surface area contributed by atoms with Crippen LogP contribution in [-0.2, 0) is 11.2 Å². The smallest absolute Gasteiger partial charge is 0.228 e. The third kappa shape index (κ3) is 2.07. The molecular weight excluding hydrogens is 264 g/mol. The highest BCUT2D eigenvalue weighted by atomic mass is 16.1. The summed E-state index contributed by atoms with van der Waals surface area (Å²) in [6, 6.07) is 5.15. The predicted octanol–water partition coefficient (Wildman–Crippen LogP) is 1.44. The second-order valence-electron chi connectivity index (χ2n) is 6.59. The van der Waals surface area contributed by atoms with Gasteiger partial charge in [-0.25, -0.2) is 0 Å². The minimum atomic E-state index is 0.0650. The van der Waals surface area contributed by atoms with Crippen molar-refractivity contribution < 1.29 is 4.79 Å². The van der Waals surface area contributed by atoms with Crippen molar-refractivity contribution in [3.63, 3.8) is 0 Å². The summed E-state index contributed by atoms with van der Waals surface area (Å²) in [4.78, 5) is 16.6. The number of benzene rings is 1. The van der Waals surface area contributed by atoms with E-state index < -0.39 is 0 Å². The molecule has 2 unspecified atom stereocenters. The molecule has 1 aromatic carbocycles. The zero-order valence-corrected chi connectivity index (χ0v) is 12.4. The Morgan fingerprint density at radius 1 is 1.33 bits per heavy atom. The third-order valence-electron chi connectivity index (χ3n) is 5.12. The molecule has 0 bridgehead atoms. The van der Waals surface area contributed by atoms with E-state index in [4.69, 9.17) is 5.73 Å². The molecule has 1 aromatic rings. The SMILES string of the molecule is CC1CN2CCCC2CN1c1cc2c(cc1N)CC(=O)N2. The van der Waals surface area contributed by atoms with Gasteiger partial charge in [0.05, 0.1) is 17.8 Å². The summed E-state index contributed by atoms with van der Waals surface area (Å²) in [5, 5.41) is 2.93. The first-order valence-electron chi connectivity index (χ1n) is 7.85. The van der Waals surface area contributed by atoms with Crippen molar-refractivity contribution in [1.82, 2.24) is 4.90 Å². The van der Waals surface area contributed by atoms with Crippen LogP contribution < -0.4 is 16.0 Å². The number of rotatable bonds is 1. The first kappa shape index (κ1) is 13.0. The van der Waals surface area contributed by atoms with Crippen LogP contribution in [0.1, 0.15) is 25.3 Å². The Bertz CT molecular complexity index is 600. The largest absolute Gasteiger partial charge is 0.397 e. The zero-order valence-electron chi connectivity index (χ0n) is 12.4. The fourth-order valence-electron chi connectivity index (χ4n) is 4.05. The lowest BCUT2D eigenvalue weighted by atomic mass is 10.0. The number of nitrogens with two attached hydrogens (primary N) is 1. The second kappa shape index (κ2) is 4.63. The van der Waals surface area contributed by atoms with Gasteiger partial charge in [-0.1, -0.05) is 0 Å². The summed E-state index contributed by atoms with van der Waals surface area (Å²) in [6.45, 7) is 5.64. The van der Waals surface area contributed by atoms with E-state index in [1.165, 1.54) is 19.4 Å². The monoisotopic (exact) mass is 286 g/mol. The van der Waals surface area contributed by atoms with Crippen molar-refractivity contribution in [1.29, 1.82) is 0 Å². The van der Waals surface area contributed by atoms with Crippen LogP contribution in [0, 0.1) is 0 Å². The Morgan fingerprint density at radius 2 is 2.19 bits per heavy atom. The average molecular weight is 286 g/mol. The molecule has 21 heavy (non-hydrogen) atoms. The van der Waals surface area contributed by atoms with E-state index in [9.17, 15) is 4.79 Å². The summed E-state index contributed by atoms with van der Waals surface area (Å²) in [5.41, 5.74) is 10.1. The third-order valence-corrected chi connectivity index (χ3v) is 5.12. The zero-order chi connectivity index (χ0) is 14.6. The molecular formula is C16H22N4O. The van der Waals surface area contributed by atoms with E-state index in [1.54, 1.807) is 0 Å². The van der Waals surface area contributed by atoms with Gasteiger partial charge in [-0.3, -0.25) is 9.69 Å². The topological polar surface area (TPSA) is 61.6 Å². The van der Waals surface area contributed by atoms with Crippen molar-refractivity contribution in [3.05, 3.63) is 17.7 Å². The molecule has 0 aromatic heterocycles. The first-order chi connectivity index (χ1) is 10.1. The van der Waals surface area contributed by atoms with Gasteiger partial charge in [0.1, 0.15) is 0 Å². The minimum Gasteiger partial charge on any atom is -0.397 e. The summed E-state index contributed by atoms with van der Waals surface area (Å²) in [6.07, 6.45) is 3.04. The van der Waals surface area contributed by atoms with Crippen molar-refractivity contribution in [3.8, 4) is 0 Å². The van der Waals surface area contributed by atoms with Gasteiger partial charge in [0.2, 0.25) is 5.91 Å². The van der Waals surface area contributed by atoms with E-state index in [1.807, 2.05) is 6.07 Å². The van der Waals surface area contributed by atoms with Gasteiger partial charge in [-0.15, -0.1) is 0 Å². The van der Waals surface area contributed by atoms with Gasteiger partial charge >= 0.3 is 0 Å². The highest BCUT2D eigenvalue weighted by Crippen LogP contribution is 2.37. The number of nitrogens with one attached hydrogen (secondary N) is 1. The summed E-state index contributed by atoms with van der Waals surface area (Å²) in [7, 11) is 0. The lowest BCUT2D eigenvalue weighted by molar-refractivity contribution is -0.115. The van der Waals surface area contributed by atoms with Crippen molar-refractivity contribution in [2.75, 3.05) is 35.6 Å². The van der Waals surface area contributed by atoms with Gasteiger partial charge in [-0.05, 0) is 44.0 Å². The molecule has 3 heterocycles. The summed E-state index contributed by atoms with van der Waals surface area (Å²) in [5.74, 6) is 0.0650. The maximum Gasteiger partial charge on any atom is 0.228 e. The maximum absolute atomic E-state index is 11.5. The molecule has 1 amide bonds. The average Bonchev–Trinajstić information content (AvgIpc) is 3.01. The standard InChI is InChI=1S/C16H22N4O/c1-10-8-19-4-2-3-12(19)9-20(10)15-7-14-11(5-13(15)17)6-16(21)18-14/h5,7,10,12H,2-4,6,8-9,17H2,1H3,(H,18,21). The molecule has 4 rings (SSSR count). The van der Waals surface area contributed by atoms with E-state index in [-0.39, 0.29) is 5.91 Å². The summed E-state index contributed by atoms with van der Waals surface area (Å²) >= 11 is 0. The lowest BCUT2D eigenvalue weighted by Gasteiger charge is -2.44. The van der Waals surface area contributed by atoms with Crippen LogP contribution in [-0.4, -0.2) is 42.5 Å². The van der Waals surface area contributed by atoms with E-state index >= 15 is 0 Å². The molecule has 5 nitrogen and oxygen atoms in total. The Labute approximate surface area is 125 Å². The van der Waals surface area contributed by atoms with Gasteiger partial charge in [0.15, 0.2) is 0 Å². The van der Waals surface area contributed by atoms with Crippen LogP contribution >= 0.6 is 0 Å². The number of fused-ring (bicyclic) bond motifs is 2. The van der Waals surface area contributed by atoms with E-state index in [0.717, 1.165) is 35.7 Å². The van der Waals surface area contributed by atoms with Gasteiger partial charge in [0.25, 0.3) is 0 Å². The number of hydrogen-bond acceptors (Lipinski definition) is 4. The van der Waals surface area contributed by atoms with Crippen LogP contribution in [0.5, 0.6) is 0 Å². The number of carbonyl (C=O) groups is 1. The van der Waals surface area contributed by atoms with Crippen molar-refractivity contribution in [2.45, 2.75) is 38.3 Å². The number of anilines is 3. The fourth-order valence-corrected chi connectivity index (χ4v) is 4.05. The number of piperazine rings is 1. The van der Waals surface area contributed by atoms with Crippen molar-refractivity contribution in [2.24, 2.45) is 0 Å². The number of amides is 1. The minimum absolute atomic E-state index is 0.0650. The van der Waals surface area contributed by atoms with Gasteiger partial charge in [0, 0.05) is 30.9 Å². The lowest BCUT2D eigenvalue weighted by Crippen LogP contribution is -2.55. The molecule has 2 saturated heterocycles. The number of nitrogen functional groups attached to an aromatic ring is 1. The Balaban J connectivity index is 1.67. The molecule has 3 aliphatic heterocycles. The normalized spacial score (nSPS) is 28.4. The van der Waals surface area contributed by atoms with Gasteiger partial charge < -0.3 is 16.0 Å². The summed E-state index contributed by atoms with van der Waals surface area (Å²) < 4.78 is 0. The molecule has 2 atom stereocenters. The van der Waals surface area contributed by atoms with Crippen LogP contribution in [0.4, 0.5) is 17.1 Å². The number of nitrogens with zero attached hydrogens (tertiary/aromatic N) is 2. The molecule has 0 spiro atoms. The first-order valence-corrected chi connectivity index (χ1v) is 7.85.